The zero-order chi connectivity index (χ0) is 15.6. The van der Waals surface area contributed by atoms with Crippen LogP contribution < -0.4 is 5.73 Å². The van der Waals surface area contributed by atoms with Crippen LogP contribution in [0.3, 0.4) is 0 Å². The minimum absolute atomic E-state index is 0.110. The molecule has 110 valence electrons. The number of benzene rings is 2. The van der Waals surface area contributed by atoms with Crippen LogP contribution in [-0.4, -0.2) is 17.9 Å². The van der Waals surface area contributed by atoms with E-state index in [0.717, 1.165) is 11.1 Å². The number of rotatable bonds is 3. The lowest BCUT2D eigenvalue weighted by Gasteiger charge is -2.19. The predicted molar refractivity (Wildman–Crippen MR) is 87.9 cm³/mol. The number of amides is 1. The Balaban J connectivity index is 2.21. The molecule has 0 radical (unpaired) electrons. The molecule has 0 unspecified atom stereocenters. The molecule has 0 saturated carbocycles. The van der Waals surface area contributed by atoms with Gasteiger partial charge in [-0.3, -0.25) is 4.79 Å². The van der Waals surface area contributed by atoms with Crippen molar-refractivity contribution in [2.45, 2.75) is 13.5 Å². The number of carbonyl (C=O) groups excluding carboxylic acids is 1. The van der Waals surface area contributed by atoms with Crippen molar-refractivity contribution in [1.29, 1.82) is 0 Å². The molecule has 2 N–H and O–H groups in total. The summed E-state index contributed by atoms with van der Waals surface area (Å²) in [6, 6.07) is 10.7. The first-order chi connectivity index (χ1) is 9.88. The van der Waals surface area contributed by atoms with Gasteiger partial charge in [0.15, 0.2) is 0 Å². The fourth-order valence-corrected chi connectivity index (χ4v) is 2.53. The van der Waals surface area contributed by atoms with Gasteiger partial charge in [0.25, 0.3) is 5.91 Å². The van der Waals surface area contributed by atoms with Gasteiger partial charge in [-0.05, 0) is 42.3 Å². The van der Waals surface area contributed by atoms with Crippen molar-refractivity contribution in [2.24, 2.45) is 0 Å². The molecule has 0 spiro atoms. The highest BCUT2D eigenvalue weighted by molar-refractivity contribution is 6.42. The topological polar surface area (TPSA) is 46.3 Å². The molecule has 0 aliphatic carbocycles. The highest BCUT2D eigenvalue weighted by Crippen LogP contribution is 2.26. The van der Waals surface area contributed by atoms with Crippen molar-refractivity contribution < 1.29 is 4.79 Å². The molecule has 2 rings (SSSR count). The van der Waals surface area contributed by atoms with Crippen LogP contribution in [0, 0.1) is 6.92 Å². The van der Waals surface area contributed by atoms with E-state index < -0.39 is 0 Å². The molecular weight excluding hydrogens is 307 g/mol. The third kappa shape index (κ3) is 3.69. The lowest BCUT2D eigenvalue weighted by atomic mass is 10.1. The number of halogens is 2. The Kier molecular flexibility index (Phi) is 4.76. The summed E-state index contributed by atoms with van der Waals surface area (Å²) >= 11 is 12.1. The third-order valence-corrected chi connectivity index (χ3v) is 3.99. The SMILES string of the molecule is Cc1cc(N)cc(C(=O)N(C)Cc2cccc(Cl)c2Cl)c1. The van der Waals surface area contributed by atoms with Crippen LogP contribution in [0.2, 0.25) is 10.0 Å². The quantitative estimate of drug-likeness (QED) is 0.862. The van der Waals surface area contributed by atoms with Crippen molar-refractivity contribution in [1.82, 2.24) is 4.90 Å². The average molecular weight is 323 g/mol. The Morgan fingerprint density at radius 1 is 1.24 bits per heavy atom. The van der Waals surface area contributed by atoms with E-state index in [4.69, 9.17) is 28.9 Å². The molecule has 0 aromatic heterocycles. The van der Waals surface area contributed by atoms with Crippen molar-refractivity contribution in [2.75, 3.05) is 12.8 Å². The number of anilines is 1. The number of hydrogen-bond donors (Lipinski definition) is 1. The number of carbonyl (C=O) groups is 1. The van der Waals surface area contributed by atoms with Gasteiger partial charge in [-0.2, -0.15) is 0 Å². The number of nitrogens with zero attached hydrogens (tertiary/aromatic N) is 1. The van der Waals surface area contributed by atoms with Gasteiger partial charge >= 0.3 is 0 Å². The Bertz CT molecular complexity index is 666. The normalized spacial score (nSPS) is 10.5. The monoisotopic (exact) mass is 322 g/mol. The Morgan fingerprint density at radius 3 is 2.62 bits per heavy atom. The first-order valence-electron chi connectivity index (χ1n) is 6.44. The number of aryl methyl sites for hydroxylation is 1. The molecule has 0 bridgehead atoms. The van der Waals surface area contributed by atoms with Crippen molar-refractivity contribution >= 4 is 34.8 Å². The predicted octanol–water partition coefficient (Wildman–Crippen LogP) is 4.16. The highest BCUT2D eigenvalue weighted by Gasteiger charge is 2.15. The van der Waals surface area contributed by atoms with Crippen molar-refractivity contribution in [3.63, 3.8) is 0 Å². The summed E-state index contributed by atoms with van der Waals surface area (Å²) < 4.78 is 0. The maximum atomic E-state index is 12.4. The van der Waals surface area contributed by atoms with E-state index in [9.17, 15) is 4.79 Å². The maximum Gasteiger partial charge on any atom is 0.253 e. The van der Waals surface area contributed by atoms with Gasteiger partial charge in [-0.25, -0.2) is 0 Å². The van der Waals surface area contributed by atoms with E-state index in [1.165, 1.54) is 0 Å². The molecule has 1 amide bonds. The molecular formula is C16H16Cl2N2O. The summed E-state index contributed by atoms with van der Waals surface area (Å²) in [5, 5.41) is 0.956. The van der Waals surface area contributed by atoms with Crippen molar-refractivity contribution in [3.8, 4) is 0 Å². The Labute approximate surface area is 134 Å². The first kappa shape index (κ1) is 15.7. The second kappa shape index (κ2) is 6.37. The summed E-state index contributed by atoms with van der Waals surface area (Å²) in [7, 11) is 1.72. The van der Waals surface area contributed by atoms with Gasteiger partial charge in [0.2, 0.25) is 0 Å². The van der Waals surface area contributed by atoms with Crippen LogP contribution in [-0.2, 0) is 6.54 Å². The first-order valence-corrected chi connectivity index (χ1v) is 7.19. The smallest absolute Gasteiger partial charge is 0.253 e. The van der Waals surface area contributed by atoms with E-state index >= 15 is 0 Å². The van der Waals surface area contributed by atoms with E-state index in [-0.39, 0.29) is 5.91 Å². The molecule has 2 aromatic rings. The molecule has 21 heavy (non-hydrogen) atoms. The Hall–Kier alpha value is -1.71. The summed E-state index contributed by atoms with van der Waals surface area (Å²) in [6.07, 6.45) is 0. The third-order valence-electron chi connectivity index (χ3n) is 3.13. The zero-order valence-corrected chi connectivity index (χ0v) is 13.4. The molecule has 5 heteroatoms. The van der Waals surface area contributed by atoms with E-state index in [2.05, 4.69) is 0 Å². The van der Waals surface area contributed by atoms with E-state index in [1.807, 2.05) is 31.2 Å². The minimum Gasteiger partial charge on any atom is -0.399 e. The molecule has 0 saturated heterocycles. The van der Waals surface area contributed by atoms with Gasteiger partial charge in [0, 0.05) is 24.8 Å². The lowest BCUT2D eigenvalue weighted by Crippen LogP contribution is -2.26. The summed E-state index contributed by atoms with van der Waals surface area (Å²) in [5.41, 5.74) is 8.68. The van der Waals surface area contributed by atoms with Gasteiger partial charge < -0.3 is 10.6 Å². The molecule has 3 nitrogen and oxygen atoms in total. The molecule has 0 aliphatic rings. The maximum absolute atomic E-state index is 12.4. The summed E-state index contributed by atoms with van der Waals surface area (Å²) in [5.74, 6) is -0.110. The Morgan fingerprint density at radius 2 is 1.95 bits per heavy atom. The standard InChI is InChI=1S/C16H16Cl2N2O/c1-10-6-12(8-13(19)7-10)16(21)20(2)9-11-4-3-5-14(17)15(11)18/h3-8H,9,19H2,1-2H3. The van der Waals surface area contributed by atoms with Crippen molar-refractivity contribution in [3.05, 3.63) is 63.1 Å². The van der Waals surface area contributed by atoms with Crippen LogP contribution in [0.4, 0.5) is 5.69 Å². The molecule has 0 aliphatic heterocycles. The fraction of sp³-hybridized carbons (Fsp3) is 0.188. The van der Waals surface area contributed by atoms with Gasteiger partial charge in [0.1, 0.15) is 0 Å². The number of nitrogen functional groups attached to an aromatic ring is 1. The fourth-order valence-electron chi connectivity index (χ4n) is 2.15. The van der Waals surface area contributed by atoms with Gasteiger partial charge in [-0.1, -0.05) is 35.3 Å². The van der Waals surface area contributed by atoms with E-state index in [0.29, 0.717) is 27.8 Å². The van der Waals surface area contributed by atoms with Crippen LogP contribution in [0.1, 0.15) is 21.5 Å². The molecule has 0 atom stereocenters. The van der Waals surface area contributed by atoms with Gasteiger partial charge in [-0.15, -0.1) is 0 Å². The molecule has 0 fully saturated rings. The largest absolute Gasteiger partial charge is 0.399 e. The second-order valence-corrected chi connectivity index (χ2v) is 5.79. The van der Waals surface area contributed by atoms with Crippen LogP contribution >= 0.6 is 23.2 Å². The summed E-state index contributed by atoms with van der Waals surface area (Å²) in [4.78, 5) is 14.0. The lowest BCUT2D eigenvalue weighted by molar-refractivity contribution is 0.0785. The molecule has 2 aromatic carbocycles. The molecule has 0 heterocycles. The number of nitrogens with two attached hydrogens (primary N) is 1. The zero-order valence-electron chi connectivity index (χ0n) is 11.9. The van der Waals surface area contributed by atoms with Gasteiger partial charge in [0.05, 0.1) is 10.0 Å². The van der Waals surface area contributed by atoms with E-state index in [1.54, 1.807) is 24.1 Å². The number of hydrogen-bond acceptors (Lipinski definition) is 2. The highest BCUT2D eigenvalue weighted by atomic mass is 35.5. The average Bonchev–Trinajstić information content (AvgIpc) is 2.42. The van der Waals surface area contributed by atoms with Crippen LogP contribution in [0.25, 0.3) is 0 Å². The minimum atomic E-state index is -0.110. The van der Waals surface area contributed by atoms with Crippen LogP contribution in [0.15, 0.2) is 36.4 Å². The van der Waals surface area contributed by atoms with Crippen LogP contribution in [0.5, 0.6) is 0 Å². The second-order valence-electron chi connectivity index (χ2n) is 5.01. The summed E-state index contributed by atoms with van der Waals surface area (Å²) in [6.45, 7) is 2.28.